The molecular formula is C27H24F2N2O. The van der Waals surface area contributed by atoms with Crippen LogP contribution in [0.3, 0.4) is 0 Å². The molecule has 5 heteroatoms. The van der Waals surface area contributed by atoms with Crippen LogP contribution in [-0.2, 0) is 23.4 Å². The Morgan fingerprint density at radius 1 is 1.12 bits per heavy atom. The summed E-state index contributed by atoms with van der Waals surface area (Å²) in [6, 6.07) is 19.2. The van der Waals surface area contributed by atoms with Crippen molar-refractivity contribution in [2.45, 2.75) is 37.9 Å². The largest absolute Gasteiger partial charge is 0.365 e. The fraction of sp³-hybridized carbons (Fsp3) is 0.296. The molecule has 0 aliphatic carbocycles. The molecule has 3 aromatic carbocycles. The molecule has 1 fully saturated rings. The van der Waals surface area contributed by atoms with Crippen molar-refractivity contribution in [2.75, 3.05) is 13.1 Å². The molecule has 1 N–H and O–H groups in total. The van der Waals surface area contributed by atoms with Crippen LogP contribution in [0.5, 0.6) is 0 Å². The maximum absolute atomic E-state index is 14.2. The van der Waals surface area contributed by atoms with Crippen LogP contribution in [0.1, 0.15) is 40.2 Å². The minimum Gasteiger partial charge on any atom is -0.365 e. The molecule has 162 valence electrons. The number of halogens is 2. The first-order chi connectivity index (χ1) is 15.5. The van der Waals surface area contributed by atoms with Crippen molar-refractivity contribution in [3.8, 4) is 17.2 Å². The van der Waals surface area contributed by atoms with Gasteiger partial charge < -0.3 is 10.1 Å². The Labute approximate surface area is 186 Å². The summed E-state index contributed by atoms with van der Waals surface area (Å²) < 4.78 is 34.4. The molecule has 1 spiro atoms. The van der Waals surface area contributed by atoms with Gasteiger partial charge in [0.1, 0.15) is 5.60 Å². The molecule has 0 saturated carbocycles. The lowest BCUT2D eigenvalue weighted by molar-refractivity contribution is -0.0750. The van der Waals surface area contributed by atoms with Gasteiger partial charge in [-0.3, -0.25) is 0 Å². The number of ether oxygens (including phenoxy) is 1. The number of hydrogen-bond donors (Lipinski definition) is 1. The number of hydrogen-bond acceptors (Lipinski definition) is 3. The monoisotopic (exact) mass is 430 g/mol. The average Bonchev–Trinajstić information content (AvgIpc) is 3.13. The van der Waals surface area contributed by atoms with Crippen molar-refractivity contribution < 1.29 is 13.5 Å². The minimum atomic E-state index is -0.827. The van der Waals surface area contributed by atoms with E-state index in [1.54, 1.807) is 0 Å². The van der Waals surface area contributed by atoms with E-state index < -0.39 is 17.2 Å². The molecule has 3 aromatic rings. The molecule has 2 heterocycles. The van der Waals surface area contributed by atoms with E-state index in [0.717, 1.165) is 45.5 Å². The molecule has 2 atom stereocenters. The van der Waals surface area contributed by atoms with Crippen molar-refractivity contribution in [1.29, 1.82) is 5.26 Å². The van der Waals surface area contributed by atoms with Crippen LogP contribution in [-0.4, -0.2) is 13.1 Å². The van der Waals surface area contributed by atoms with E-state index in [-0.39, 0.29) is 5.92 Å². The zero-order valence-corrected chi connectivity index (χ0v) is 17.9. The maximum atomic E-state index is 14.2. The Hall–Kier alpha value is -3.07. The van der Waals surface area contributed by atoms with Gasteiger partial charge in [-0.05, 0) is 71.0 Å². The number of fused-ring (bicyclic) bond motifs is 2. The summed E-state index contributed by atoms with van der Waals surface area (Å²) in [6.45, 7) is 3.83. The van der Waals surface area contributed by atoms with E-state index in [4.69, 9.17) is 4.74 Å². The standard InChI is InChI=1S/C27H24F2N2O/c1-17-12-19(22-5-3-2-4-18(22)8-10-30)6-7-21(17)24-15-31-11-9-27(24)23-14-26(29)25(28)13-20(23)16-32-27/h2-7,12-14,24,31H,8-9,11,15-16H2,1H3/t24-,27+/m1/s1. The molecule has 0 unspecified atom stereocenters. The summed E-state index contributed by atoms with van der Waals surface area (Å²) in [4.78, 5) is 0. The summed E-state index contributed by atoms with van der Waals surface area (Å²) in [7, 11) is 0. The number of nitrogens with one attached hydrogen (secondary N) is 1. The van der Waals surface area contributed by atoms with E-state index in [1.807, 2.05) is 24.3 Å². The highest BCUT2D eigenvalue weighted by Gasteiger charge is 2.49. The van der Waals surface area contributed by atoms with Crippen LogP contribution in [0.4, 0.5) is 8.78 Å². The van der Waals surface area contributed by atoms with Crippen molar-refractivity contribution in [3.63, 3.8) is 0 Å². The number of benzene rings is 3. The predicted molar refractivity (Wildman–Crippen MR) is 119 cm³/mol. The summed E-state index contributed by atoms with van der Waals surface area (Å²) in [5.74, 6) is -1.68. The third kappa shape index (κ3) is 3.31. The molecule has 0 aromatic heterocycles. The molecule has 1 saturated heterocycles. The van der Waals surface area contributed by atoms with Crippen molar-refractivity contribution in [1.82, 2.24) is 5.32 Å². The quantitative estimate of drug-likeness (QED) is 0.596. The zero-order valence-electron chi connectivity index (χ0n) is 17.9. The highest BCUT2D eigenvalue weighted by atomic mass is 19.2. The second-order valence-electron chi connectivity index (χ2n) is 8.67. The smallest absolute Gasteiger partial charge is 0.159 e. The molecule has 0 bridgehead atoms. The van der Waals surface area contributed by atoms with Gasteiger partial charge in [0, 0.05) is 12.5 Å². The second-order valence-corrected chi connectivity index (χ2v) is 8.67. The lowest BCUT2D eigenvalue weighted by Crippen LogP contribution is -2.46. The fourth-order valence-corrected chi connectivity index (χ4v) is 5.38. The Balaban J connectivity index is 1.57. The van der Waals surface area contributed by atoms with Crippen LogP contribution >= 0.6 is 0 Å². The number of aryl methyl sites for hydroxylation is 1. The number of nitrogens with zero attached hydrogens (tertiary/aromatic N) is 1. The number of rotatable bonds is 3. The highest BCUT2D eigenvalue weighted by Crippen LogP contribution is 2.51. The van der Waals surface area contributed by atoms with Crippen LogP contribution in [0.15, 0.2) is 54.6 Å². The van der Waals surface area contributed by atoms with E-state index in [0.29, 0.717) is 26.0 Å². The lowest BCUT2D eigenvalue weighted by Gasteiger charge is -2.42. The van der Waals surface area contributed by atoms with Crippen molar-refractivity contribution in [2.24, 2.45) is 0 Å². The van der Waals surface area contributed by atoms with Crippen LogP contribution in [0.2, 0.25) is 0 Å². The van der Waals surface area contributed by atoms with Gasteiger partial charge >= 0.3 is 0 Å². The van der Waals surface area contributed by atoms with Gasteiger partial charge in [-0.15, -0.1) is 0 Å². The van der Waals surface area contributed by atoms with Gasteiger partial charge in [0.25, 0.3) is 0 Å². The third-order valence-corrected chi connectivity index (χ3v) is 6.91. The number of piperidine rings is 1. The first kappa shape index (κ1) is 20.8. The Bertz CT molecular complexity index is 1230. The molecule has 5 rings (SSSR count). The van der Waals surface area contributed by atoms with Gasteiger partial charge in [-0.1, -0.05) is 42.5 Å². The van der Waals surface area contributed by atoms with Gasteiger partial charge in [-0.2, -0.15) is 5.26 Å². The van der Waals surface area contributed by atoms with E-state index in [9.17, 15) is 14.0 Å². The summed E-state index contributed by atoms with van der Waals surface area (Å²) >= 11 is 0. The zero-order chi connectivity index (χ0) is 22.3. The van der Waals surface area contributed by atoms with Crippen molar-refractivity contribution >= 4 is 0 Å². The summed E-state index contributed by atoms with van der Waals surface area (Å²) in [6.07, 6.45) is 1.06. The Morgan fingerprint density at radius 3 is 2.75 bits per heavy atom. The lowest BCUT2D eigenvalue weighted by atomic mass is 9.72. The van der Waals surface area contributed by atoms with Gasteiger partial charge in [0.05, 0.1) is 19.1 Å². The van der Waals surface area contributed by atoms with E-state index in [1.165, 1.54) is 12.1 Å². The fourth-order valence-electron chi connectivity index (χ4n) is 5.38. The Morgan fingerprint density at radius 2 is 1.94 bits per heavy atom. The molecule has 0 radical (unpaired) electrons. The topological polar surface area (TPSA) is 45.0 Å². The number of nitriles is 1. The third-order valence-electron chi connectivity index (χ3n) is 6.91. The predicted octanol–water partition coefficient (Wildman–Crippen LogP) is 5.51. The van der Waals surface area contributed by atoms with Crippen molar-refractivity contribution in [3.05, 3.63) is 94.0 Å². The average molecular weight is 430 g/mol. The molecule has 0 amide bonds. The minimum absolute atomic E-state index is 0.0224. The molecular weight excluding hydrogens is 406 g/mol. The van der Waals surface area contributed by atoms with Crippen LogP contribution in [0.25, 0.3) is 11.1 Å². The molecule has 32 heavy (non-hydrogen) atoms. The van der Waals surface area contributed by atoms with Gasteiger partial charge in [0.2, 0.25) is 0 Å². The van der Waals surface area contributed by atoms with Crippen LogP contribution in [0, 0.1) is 29.9 Å². The maximum Gasteiger partial charge on any atom is 0.159 e. The van der Waals surface area contributed by atoms with Gasteiger partial charge in [0.15, 0.2) is 11.6 Å². The molecule has 2 aliphatic rings. The summed E-state index contributed by atoms with van der Waals surface area (Å²) in [5.41, 5.74) is 6.21. The molecule has 3 nitrogen and oxygen atoms in total. The second kappa shape index (κ2) is 8.12. The summed E-state index contributed by atoms with van der Waals surface area (Å²) in [5, 5.41) is 12.6. The highest BCUT2D eigenvalue weighted by molar-refractivity contribution is 5.69. The SMILES string of the molecule is Cc1cc(-c2ccccc2CC#N)ccc1[C@H]1CNCC[C@@]12OCc1cc(F)c(F)cc12. The van der Waals surface area contributed by atoms with E-state index >= 15 is 0 Å². The normalized spacial score (nSPS) is 22.0. The molecule has 2 aliphatic heterocycles. The first-order valence-electron chi connectivity index (χ1n) is 10.9. The van der Waals surface area contributed by atoms with Crippen LogP contribution < -0.4 is 5.32 Å². The van der Waals surface area contributed by atoms with E-state index in [2.05, 4.69) is 36.5 Å². The Kier molecular flexibility index (Phi) is 5.28. The first-order valence-corrected chi connectivity index (χ1v) is 10.9. The van der Waals surface area contributed by atoms with Gasteiger partial charge in [-0.25, -0.2) is 8.78 Å².